The van der Waals surface area contributed by atoms with Crippen LogP contribution in [0.2, 0.25) is 0 Å². The maximum Gasteiger partial charge on any atom is 0.164 e. The summed E-state index contributed by atoms with van der Waals surface area (Å²) >= 11 is 0. The number of fused-ring (bicyclic) bond motifs is 3. The standard InChI is InChI=1S/C56H36N6/c1-7-21-37(22-8-1)48-44-33-19-20-34-45(44)50-46(49(48)38-23-9-2-10-24-38)35-43(55-59-51(39-25-11-3-12-26-39)57-52(60-55)40-27-13-4-14-28-40)36-47(50)56-61-53(41-29-15-5-16-30-41)58-54(62-56)42-31-17-6-18-32-42/h1-36H. The Labute approximate surface area is 359 Å². The van der Waals surface area contributed by atoms with Crippen LogP contribution in [0.25, 0.3) is 112 Å². The number of hydrogen-bond acceptors (Lipinski definition) is 6. The lowest BCUT2D eigenvalue weighted by atomic mass is 9.83. The summed E-state index contributed by atoms with van der Waals surface area (Å²) in [5.74, 6) is 3.41. The molecule has 290 valence electrons. The third kappa shape index (κ3) is 6.85. The fourth-order valence-electron chi connectivity index (χ4n) is 8.30. The highest BCUT2D eigenvalue weighted by molar-refractivity contribution is 6.25. The van der Waals surface area contributed by atoms with Gasteiger partial charge < -0.3 is 0 Å². The van der Waals surface area contributed by atoms with Crippen molar-refractivity contribution >= 4 is 21.5 Å². The lowest BCUT2D eigenvalue weighted by Crippen LogP contribution is -2.03. The van der Waals surface area contributed by atoms with Gasteiger partial charge in [-0.15, -0.1) is 0 Å². The van der Waals surface area contributed by atoms with Crippen LogP contribution in [0.5, 0.6) is 0 Å². The third-order valence-corrected chi connectivity index (χ3v) is 11.1. The molecule has 0 saturated carbocycles. The van der Waals surface area contributed by atoms with Crippen molar-refractivity contribution < 1.29 is 0 Å². The van der Waals surface area contributed by atoms with Crippen LogP contribution in [0.4, 0.5) is 0 Å². The first-order valence-electron chi connectivity index (χ1n) is 20.6. The average molecular weight is 793 g/mol. The maximum atomic E-state index is 5.33. The van der Waals surface area contributed by atoms with Crippen molar-refractivity contribution in [3.05, 3.63) is 218 Å². The monoisotopic (exact) mass is 792 g/mol. The van der Waals surface area contributed by atoms with Crippen molar-refractivity contribution in [1.82, 2.24) is 29.9 Å². The molecule has 0 aliphatic carbocycles. The van der Waals surface area contributed by atoms with Gasteiger partial charge in [-0.2, -0.15) is 0 Å². The summed E-state index contributed by atoms with van der Waals surface area (Å²) in [4.78, 5) is 31.3. The van der Waals surface area contributed by atoms with E-state index in [0.29, 0.717) is 34.9 Å². The lowest BCUT2D eigenvalue weighted by Gasteiger charge is -2.21. The molecule has 0 bridgehead atoms. The number of benzene rings is 9. The summed E-state index contributed by atoms with van der Waals surface area (Å²) in [5, 5.41) is 4.24. The Morgan fingerprint density at radius 1 is 0.210 bits per heavy atom. The molecule has 2 aromatic heterocycles. The van der Waals surface area contributed by atoms with Crippen LogP contribution in [0.3, 0.4) is 0 Å². The topological polar surface area (TPSA) is 77.3 Å². The molecule has 0 radical (unpaired) electrons. The van der Waals surface area contributed by atoms with Crippen molar-refractivity contribution in [2.75, 3.05) is 0 Å². The van der Waals surface area contributed by atoms with E-state index in [9.17, 15) is 0 Å². The predicted octanol–water partition coefficient (Wildman–Crippen LogP) is 13.7. The van der Waals surface area contributed by atoms with Gasteiger partial charge in [0, 0.05) is 38.8 Å². The van der Waals surface area contributed by atoms with Gasteiger partial charge >= 0.3 is 0 Å². The minimum absolute atomic E-state index is 0.537. The SMILES string of the molecule is c1ccc(-c2nc(-c3ccccc3)nc(-c3cc(-c4nc(-c5ccccc5)nc(-c5ccccc5)n4)c4c(c3)c(-c3ccccc3)c(-c3ccccc3)c3ccccc34)n2)cc1. The fraction of sp³-hybridized carbons (Fsp3) is 0. The largest absolute Gasteiger partial charge is 0.208 e. The van der Waals surface area contributed by atoms with Gasteiger partial charge in [-0.05, 0) is 50.5 Å². The van der Waals surface area contributed by atoms with Crippen molar-refractivity contribution in [2.45, 2.75) is 0 Å². The molecule has 0 unspecified atom stereocenters. The number of nitrogens with zero attached hydrogens (tertiary/aromatic N) is 6. The zero-order valence-electron chi connectivity index (χ0n) is 33.5. The van der Waals surface area contributed by atoms with Gasteiger partial charge in [-0.25, -0.2) is 29.9 Å². The first kappa shape index (κ1) is 36.6. The van der Waals surface area contributed by atoms with Gasteiger partial charge in [0.05, 0.1) is 0 Å². The summed E-state index contributed by atoms with van der Waals surface area (Å²) in [6.07, 6.45) is 0. The van der Waals surface area contributed by atoms with Crippen LogP contribution in [0.1, 0.15) is 0 Å². The Hall–Kier alpha value is -8.48. The minimum atomic E-state index is 0.537. The summed E-state index contributed by atoms with van der Waals surface area (Å²) < 4.78 is 0. The van der Waals surface area contributed by atoms with Crippen molar-refractivity contribution in [3.8, 4) is 90.6 Å². The van der Waals surface area contributed by atoms with E-state index >= 15 is 0 Å². The van der Waals surface area contributed by atoms with Gasteiger partial charge in [0.2, 0.25) is 0 Å². The van der Waals surface area contributed by atoms with Crippen LogP contribution < -0.4 is 0 Å². The molecule has 11 aromatic rings. The second-order valence-electron chi connectivity index (χ2n) is 15.1. The zero-order chi connectivity index (χ0) is 41.2. The van der Waals surface area contributed by atoms with Crippen molar-refractivity contribution in [2.24, 2.45) is 0 Å². The van der Waals surface area contributed by atoms with Crippen LogP contribution >= 0.6 is 0 Å². The molecule has 9 aromatic carbocycles. The zero-order valence-corrected chi connectivity index (χ0v) is 33.5. The molecule has 0 atom stereocenters. The van der Waals surface area contributed by atoms with E-state index in [-0.39, 0.29) is 0 Å². The molecule has 11 rings (SSSR count). The quantitative estimate of drug-likeness (QED) is 0.143. The van der Waals surface area contributed by atoms with Crippen LogP contribution in [-0.2, 0) is 0 Å². The Kier molecular flexibility index (Phi) is 9.41. The van der Waals surface area contributed by atoms with E-state index in [0.717, 1.165) is 77.2 Å². The Balaban J connectivity index is 1.31. The van der Waals surface area contributed by atoms with Gasteiger partial charge in [0.1, 0.15) is 0 Å². The second-order valence-corrected chi connectivity index (χ2v) is 15.1. The molecule has 2 heterocycles. The normalized spacial score (nSPS) is 11.2. The second kappa shape index (κ2) is 15.9. The summed E-state index contributed by atoms with van der Waals surface area (Å²) in [7, 11) is 0. The molecule has 0 fully saturated rings. The first-order valence-corrected chi connectivity index (χ1v) is 20.6. The van der Waals surface area contributed by atoms with Crippen LogP contribution in [0, 0.1) is 0 Å². The molecule has 0 amide bonds. The molecule has 0 aliphatic heterocycles. The van der Waals surface area contributed by atoms with Gasteiger partial charge in [-0.1, -0.05) is 206 Å². The number of rotatable bonds is 8. The van der Waals surface area contributed by atoms with E-state index in [1.54, 1.807) is 0 Å². The molecule has 0 N–H and O–H groups in total. The fourth-order valence-corrected chi connectivity index (χ4v) is 8.30. The van der Waals surface area contributed by atoms with E-state index in [1.165, 1.54) is 0 Å². The van der Waals surface area contributed by atoms with E-state index in [2.05, 4.69) is 97.1 Å². The molecule has 0 saturated heterocycles. The lowest BCUT2D eigenvalue weighted by molar-refractivity contribution is 1.07. The highest BCUT2D eigenvalue weighted by Crippen LogP contribution is 2.48. The molecular formula is C56H36N6. The van der Waals surface area contributed by atoms with E-state index in [4.69, 9.17) is 29.9 Å². The third-order valence-electron chi connectivity index (χ3n) is 11.1. The van der Waals surface area contributed by atoms with Gasteiger partial charge in [0.25, 0.3) is 0 Å². The molecular weight excluding hydrogens is 757 g/mol. The van der Waals surface area contributed by atoms with E-state index in [1.807, 2.05) is 121 Å². The van der Waals surface area contributed by atoms with Crippen LogP contribution in [0.15, 0.2) is 218 Å². The Morgan fingerprint density at radius 3 is 0.887 bits per heavy atom. The minimum Gasteiger partial charge on any atom is -0.208 e. The molecule has 0 aliphatic rings. The van der Waals surface area contributed by atoms with E-state index < -0.39 is 0 Å². The maximum absolute atomic E-state index is 5.33. The summed E-state index contributed by atoms with van der Waals surface area (Å²) in [6, 6.07) is 74.8. The molecule has 6 heteroatoms. The van der Waals surface area contributed by atoms with Crippen LogP contribution in [-0.4, -0.2) is 29.9 Å². The highest BCUT2D eigenvalue weighted by Gasteiger charge is 2.24. The first-order chi connectivity index (χ1) is 30.7. The Morgan fingerprint density at radius 2 is 0.500 bits per heavy atom. The number of hydrogen-bond donors (Lipinski definition) is 0. The average Bonchev–Trinajstić information content (AvgIpc) is 3.37. The van der Waals surface area contributed by atoms with Gasteiger partial charge in [-0.3, -0.25) is 0 Å². The highest BCUT2D eigenvalue weighted by atomic mass is 15.0. The predicted molar refractivity (Wildman–Crippen MR) is 252 cm³/mol. The smallest absolute Gasteiger partial charge is 0.164 e. The number of aromatic nitrogens is 6. The Bertz CT molecular complexity index is 3250. The van der Waals surface area contributed by atoms with Crippen molar-refractivity contribution in [3.63, 3.8) is 0 Å². The molecule has 62 heavy (non-hydrogen) atoms. The van der Waals surface area contributed by atoms with Gasteiger partial charge in [0.15, 0.2) is 34.9 Å². The van der Waals surface area contributed by atoms with Crippen molar-refractivity contribution in [1.29, 1.82) is 0 Å². The molecule has 0 spiro atoms. The summed E-state index contributed by atoms with van der Waals surface area (Å²) in [6.45, 7) is 0. The molecule has 6 nitrogen and oxygen atoms in total. The summed E-state index contributed by atoms with van der Waals surface area (Å²) in [5.41, 5.74) is 9.66.